The molecule has 1 saturated heterocycles. The first kappa shape index (κ1) is 19.5. The lowest BCUT2D eigenvalue weighted by atomic mass is 9.87. The molecule has 0 unspecified atom stereocenters. The number of likely N-dealkylation sites (tertiary alicyclic amines) is 1. The van der Waals surface area contributed by atoms with Gasteiger partial charge in [0.15, 0.2) is 0 Å². The van der Waals surface area contributed by atoms with Crippen molar-refractivity contribution in [3.63, 3.8) is 0 Å². The lowest BCUT2D eigenvalue weighted by molar-refractivity contribution is -0.143. The molecule has 2 aliphatic carbocycles. The van der Waals surface area contributed by atoms with Crippen molar-refractivity contribution in [1.29, 1.82) is 0 Å². The molecule has 2 N–H and O–H groups in total. The van der Waals surface area contributed by atoms with Crippen LogP contribution in [0, 0.1) is 17.8 Å². The zero-order valence-corrected chi connectivity index (χ0v) is 17.3. The first-order chi connectivity index (χ1) is 14.5. The Morgan fingerprint density at radius 3 is 2.60 bits per heavy atom. The minimum Gasteiger partial charge on any atom is -0.396 e. The Kier molecular flexibility index (Phi) is 4.81. The van der Waals surface area contributed by atoms with E-state index in [1.807, 2.05) is 19.1 Å². The SMILES string of the molecule is C/C=C\c1ccc2n(c1=O)C[C@H]1[C@H](CO)[C@@H](C(=O)NC3CCC3)N(C(=O)C3CC3)[C@@H]21. The van der Waals surface area contributed by atoms with Gasteiger partial charge in [-0.1, -0.05) is 12.2 Å². The van der Waals surface area contributed by atoms with Crippen molar-refractivity contribution >= 4 is 17.9 Å². The third-order valence-electron chi connectivity index (χ3n) is 7.35. The molecule has 160 valence electrons. The van der Waals surface area contributed by atoms with E-state index in [-0.39, 0.29) is 53.8 Å². The molecular formula is C23H29N3O4. The van der Waals surface area contributed by atoms with Crippen LogP contribution in [0.4, 0.5) is 0 Å². The van der Waals surface area contributed by atoms with Crippen LogP contribution in [0.3, 0.4) is 0 Å². The Labute approximate surface area is 175 Å². The normalized spacial score (nSPS) is 30.3. The van der Waals surface area contributed by atoms with Crippen molar-refractivity contribution in [2.24, 2.45) is 17.8 Å². The predicted molar refractivity (Wildman–Crippen MR) is 111 cm³/mol. The average molecular weight is 412 g/mol. The summed E-state index contributed by atoms with van der Waals surface area (Å²) in [5, 5.41) is 13.4. The van der Waals surface area contributed by atoms with Crippen LogP contribution in [-0.2, 0) is 16.1 Å². The van der Waals surface area contributed by atoms with Crippen LogP contribution in [-0.4, -0.2) is 45.1 Å². The van der Waals surface area contributed by atoms with Crippen molar-refractivity contribution in [2.75, 3.05) is 6.61 Å². The summed E-state index contributed by atoms with van der Waals surface area (Å²) in [6, 6.07) is 2.88. The fourth-order valence-corrected chi connectivity index (χ4v) is 5.43. The number of nitrogens with zero attached hydrogens (tertiary/aromatic N) is 2. The third-order valence-corrected chi connectivity index (χ3v) is 7.35. The smallest absolute Gasteiger partial charge is 0.258 e. The Morgan fingerprint density at radius 2 is 2.00 bits per heavy atom. The van der Waals surface area contributed by atoms with E-state index in [4.69, 9.17) is 0 Å². The molecule has 7 heteroatoms. The summed E-state index contributed by atoms with van der Waals surface area (Å²) in [7, 11) is 0. The van der Waals surface area contributed by atoms with Crippen molar-refractivity contribution in [1.82, 2.24) is 14.8 Å². The largest absolute Gasteiger partial charge is 0.396 e. The standard InChI is InChI=1S/C23H29N3O4/c1-2-4-13-9-10-18-19-16(11-25(18)22(13)29)17(12-27)20(21(28)24-15-5-3-6-15)26(19)23(30)14-7-8-14/h2,4,9-10,14-17,19-20,27H,3,5-8,11-12H2,1H3,(H,24,28)/b4-2-/t16-,17-,19+,20-/m0/s1. The maximum absolute atomic E-state index is 13.3. The number of nitrogens with one attached hydrogen (secondary N) is 1. The van der Waals surface area contributed by atoms with Crippen LogP contribution in [0.2, 0.25) is 0 Å². The van der Waals surface area contributed by atoms with Gasteiger partial charge in [0.2, 0.25) is 11.8 Å². The van der Waals surface area contributed by atoms with E-state index in [1.54, 1.807) is 21.6 Å². The number of pyridine rings is 1. The summed E-state index contributed by atoms with van der Waals surface area (Å²) in [6.45, 7) is 2.12. The number of rotatable bonds is 5. The van der Waals surface area contributed by atoms with Crippen molar-refractivity contribution in [3.05, 3.63) is 39.8 Å². The van der Waals surface area contributed by atoms with Gasteiger partial charge in [0, 0.05) is 48.2 Å². The number of aliphatic hydroxyl groups is 1. The summed E-state index contributed by atoms with van der Waals surface area (Å²) in [5.74, 6) is -0.703. The van der Waals surface area contributed by atoms with Crippen LogP contribution in [0.15, 0.2) is 23.0 Å². The van der Waals surface area contributed by atoms with Gasteiger partial charge in [-0.25, -0.2) is 0 Å². The molecule has 1 aromatic heterocycles. The molecule has 4 atom stereocenters. The van der Waals surface area contributed by atoms with Crippen LogP contribution >= 0.6 is 0 Å². The second-order valence-electron chi connectivity index (χ2n) is 9.19. The first-order valence-electron chi connectivity index (χ1n) is 11.1. The number of carbonyl (C=O) groups is 2. The summed E-state index contributed by atoms with van der Waals surface area (Å²) < 4.78 is 1.74. The molecule has 0 bridgehead atoms. The maximum atomic E-state index is 13.3. The predicted octanol–water partition coefficient (Wildman–Crippen LogP) is 1.45. The van der Waals surface area contributed by atoms with E-state index in [0.29, 0.717) is 12.1 Å². The van der Waals surface area contributed by atoms with Crippen LogP contribution in [0.5, 0.6) is 0 Å². The molecule has 5 rings (SSSR count). The van der Waals surface area contributed by atoms with Gasteiger partial charge >= 0.3 is 0 Å². The van der Waals surface area contributed by atoms with Gasteiger partial charge in [0.05, 0.1) is 6.04 Å². The molecule has 2 saturated carbocycles. The Balaban J connectivity index is 1.55. The van der Waals surface area contributed by atoms with E-state index >= 15 is 0 Å². The van der Waals surface area contributed by atoms with Crippen molar-refractivity contribution < 1.29 is 14.7 Å². The highest BCUT2D eigenvalue weighted by molar-refractivity contribution is 5.91. The van der Waals surface area contributed by atoms with Gasteiger partial charge in [-0.3, -0.25) is 14.4 Å². The highest BCUT2D eigenvalue weighted by Crippen LogP contribution is 2.51. The Morgan fingerprint density at radius 1 is 1.23 bits per heavy atom. The van der Waals surface area contributed by atoms with Gasteiger partial charge in [-0.15, -0.1) is 0 Å². The number of carbonyl (C=O) groups excluding carboxylic acids is 2. The fraction of sp³-hybridized carbons (Fsp3) is 0.609. The molecule has 0 aromatic carbocycles. The van der Waals surface area contributed by atoms with Gasteiger partial charge in [-0.2, -0.15) is 0 Å². The molecule has 30 heavy (non-hydrogen) atoms. The molecular weight excluding hydrogens is 382 g/mol. The summed E-state index contributed by atoms with van der Waals surface area (Å²) in [6.07, 6.45) is 8.37. The van der Waals surface area contributed by atoms with Gasteiger partial charge in [-0.05, 0) is 51.2 Å². The van der Waals surface area contributed by atoms with Crippen LogP contribution in [0.1, 0.15) is 56.3 Å². The third kappa shape index (κ3) is 2.94. The number of aliphatic hydroxyl groups excluding tert-OH is 1. The second-order valence-corrected chi connectivity index (χ2v) is 9.19. The molecule has 0 spiro atoms. The van der Waals surface area contributed by atoms with E-state index in [9.17, 15) is 19.5 Å². The lowest BCUT2D eigenvalue weighted by Crippen LogP contribution is -2.54. The molecule has 2 amide bonds. The number of hydrogen-bond donors (Lipinski definition) is 2. The minimum absolute atomic E-state index is 0.00635. The number of aromatic nitrogens is 1. The first-order valence-corrected chi connectivity index (χ1v) is 11.1. The number of fused-ring (bicyclic) bond motifs is 3. The van der Waals surface area contributed by atoms with Crippen molar-refractivity contribution in [2.45, 2.75) is 63.7 Å². The average Bonchev–Trinajstić information content (AvgIpc) is 3.41. The number of hydrogen-bond acceptors (Lipinski definition) is 4. The van der Waals surface area contributed by atoms with E-state index in [0.717, 1.165) is 37.8 Å². The molecule has 0 radical (unpaired) electrons. The monoisotopic (exact) mass is 411 g/mol. The minimum atomic E-state index is -0.669. The fourth-order valence-electron chi connectivity index (χ4n) is 5.43. The van der Waals surface area contributed by atoms with Crippen molar-refractivity contribution in [3.8, 4) is 0 Å². The van der Waals surface area contributed by atoms with Crippen LogP contribution < -0.4 is 10.9 Å². The summed E-state index contributed by atoms with van der Waals surface area (Å²) >= 11 is 0. The topological polar surface area (TPSA) is 91.6 Å². The second kappa shape index (κ2) is 7.38. The summed E-state index contributed by atoms with van der Waals surface area (Å²) in [5.41, 5.74) is 1.32. The highest BCUT2D eigenvalue weighted by Gasteiger charge is 2.58. The molecule has 3 fully saturated rings. The molecule has 3 heterocycles. The highest BCUT2D eigenvalue weighted by atomic mass is 16.3. The Hall–Kier alpha value is -2.41. The molecule has 7 nitrogen and oxygen atoms in total. The summed E-state index contributed by atoms with van der Waals surface area (Å²) in [4.78, 5) is 41.3. The van der Waals surface area contributed by atoms with E-state index < -0.39 is 6.04 Å². The van der Waals surface area contributed by atoms with Gasteiger partial charge in [0.1, 0.15) is 6.04 Å². The number of amides is 2. The number of allylic oxidation sites excluding steroid dienone is 1. The zero-order chi connectivity index (χ0) is 21.0. The maximum Gasteiger partial charge on any atom is 0.258 e. The van der Waals surface area contributed by atoms with E-state index in [2.05, 4.69) is 5.32 Å². The van der Waals surface area contributed by atoms with Gasteiger partial charge in [0.25, 0.3) is 5.56 Å². The molecule has 2 aliphatic heterocycles. The molecule has 4 aliphatic rings. The zero-order valence-electron chi connectivity index (χ0n) is 17.3. The van der Waals surface area contributed by atoms with E-state index in [1.165, 1.54) is 0 Å². The Bertz CT molecular complexity index is 960. The van der Waals surface area contributed by atoms with Crippen LogP contribution in [0.25, 0.3) is 6.08 Å². The lowest BCUT2D eigenvalue weighted by Gasteiger charge is -2.34. The molecule has 1 aromatic rings. The quantitative estimate of drug-likeness (QED) is 0.767. The van der Waals surface area contributed by atoms with Gasteiger partial charge < -0.3 is 19.9 Å².